The maximum absolute atomic E-state index is 12.6. The Balaban J connectivity index is 1.36. The van der Waals surface area contributed by atoms with Gasteiger partial charge in [0.2, 0.25) is 11.8 Å². The van der Waals surface area contributed by atoms with Crippen LogP contribution < -0.4 is 10.2 Å². The molecule has 0 saturated carbocycles. The fraction of sp³-hybridized carbons (Fsp3) is 0.550. The molecular formula is C20H25N3O4. The molecule has 0 radical (unpaired) electrons. The SMILES string of the molecule is O=C1CC(C2CCOCC2)NC(=O)N1CC1CC(=O)N(c2ccccc2)C1. The molecule has 3 aliphatic rings. The van der Waals surface area contributed by atoms with E-state index in [1.54, 1.807) is 4.90 Å². The van der Waals surface area contributed by atoms with E-state index in [0.29, 0.717) is 45.1 Å². The van der Waals surface area contributed by atoms with Crippen molar-refractivity contribution in [2.45, 2.75) is 31.7 Å². The normalized spacial score (nSPS) is 27.2. The zero-order valence-corrected chi connectivity index (χ0v) is 15.3. The predicted octanol–water partition coefficient (Wildman–Crippen LogP) is 1.78. The van der Waals surface area contributed by atoms with Crippen LogP contribution in [0.5, 0.6) is 0 Å². The van der Waals surface area contributed by atoms with Crippen molar-refractivity contribution in [3.8, 4) is 0 Å². The number of anilines is 1. The third-order valence-electron chi connectivity index (χ3n) is 5.80. The van der Waals surface area contributed by atoms with Gasteiger partial charge < -0.3 is 15.0 Å². The van der Waals surface area contributed by atoms with Crippen molar-refractivity contribution < 1.29 is 19.1 Å². The van der Waals surface area contributed by atoms with Crippen LogP contribution in [-0.2, 0) is 14.3 Å². The Kier molecular flexibility index (Phi) is 5.11. The maximum atomic E-state index is 12.6. The first-order valence-electron chi connectivity index (χ1n) is 9.66. The van der Waals surface area contributed by atoms with Crippen LogP contribution in [0, 0.1) is 11.8 Å². The average Bonchev–Trinajstić information content (AvgIpc) is 3.06. The van der Waals surface area contributed by atoms with Gasteiger partial charge in [0.15, 0.2) is 0 Å². The van der Waals surface area contributed by atoms with Crippen molar-refractivity contribution in [3.05, 3.63) is 30.3 Å². The first kappa shape index (κ1) is 18.0. The van der Waals surface area contributed by atoms with Gasteiger partial charge >= 0.3 is 6.03 Å². The Morgan fingerprint density at radius 2 is 1.74 bits per heavy atom. The van der Waals surface area contributed by atoms with E-state index in [4.69, 9.17) is 4.74 Å². The highest BCUT2D eigenvalue weighted by atomic mass is 16.5. The van der Waals surface area contributed by atoms with Gasteiger partial charge in [-0.2, -0.15) is 0 Å². The highest BCUT2D eigenvalue weighted by Gasteiger charge is 2.39. The van der Waals surface area contributed by atoms with E-state index >= 15 is 0 Å². The topological polar surface area (TPSA) is 79.0 Å². The summed E-state index contributed by atoms with van der Waals surface area (Å²) in [5.74, 6) is 0.166. The number of carbonyl (C=O) groups is 3. The van der Waals surface area contributed by atoms with Gasteiger partial charge in [-0.1, -0.05) is 18.2 Å². The lowest BCUT2D eigenvalue weighted by atomic mass is 9.88. The van der Waals surface area contributed by atoms with Gasteiger partial charge in [0.1, 0.15) is 0 Å². The Bertz CT molecular complexity index is 699. The molecule has 0 aliphatic carbocycles. The van der Waals surface area contributed by atoms with E-state index in [-0.39, 0.29) is 29.8 Å². The molecule has 3 heterocycles. The lowest BCUT2D eigenvalue weighted by Gasteiger charge is -2.37. The molecule has 2 atom stereocenters. The number of urea groups is 1. The standard InChI is InChI=1S/C20H25N3O4/c24-18-10-14(12-22(18)16-4-2-1-3-5-16)13-23-19(25)11-17(21-20(23)26)15-6-8-27-9-7-15/h1-5,14-15,17H,6-13H2,(H,21,26). The van der Waals surface area contributed by atoms with Gasteiger partial charge in [-0.15, -0.1) is 0 Å². The van der Waals surface area contributed by atoms with Crippen LogP contribution >= 0.6 is 0 Å². The number of nitrogens with zero attached hydrogens (tertiary/aromatic N) is 2. The number of amides is 4. The van der Waals surface area contributed by atoms with Crippen LogP contribution in [0.2, 0.25) is 0 Å². The Morgan fingerprint density at radius 3 is 2.44 bits per heavy atom. The van der Waals surface area contributed by atoms with Crippen molar-refractivity contribution in [3.63, 3.8) is 0 Å². The fourth-order valence-electron chi connectivity index (χ4n) is 4.31. The molecule has 0 spiro atoms. The van der Waals surface area contributed by atoms with E-state index in [2.05, 4.69) is 5.32 Å². The number of imide groups is 1. The monoisotopic (exact) mass is 371 g/mol. The van der Waals surface area contributed by atoms with Gasteiger partial charge in [-0.25, -0.2) is 4.79 Å². The van der Waals surface area contributed by atoms with Crippen LogP contribution in [0.1, 0.15) is 25.7 Å². The summed E-state index contributed by atoms with van der Waals surface area (Å²) in [4.78, 5) is 40.5. The van der Waals surface area contributed by atoms with Crippen molar-refractivity contribution in [1.82, 2.24) is 10.2 Å². The second kappa shape index (κ2) is 7.68. The molecule has 7 nitrogen and oxygen atoms in total. The van der Waals surface area contributed by atoms with E-state index in [9.17, 15) is 14.4 Å². The summed E-state index contributed by atoms with van der Waals surface area (Å²) in [6.45, 7) is 2.20. The molecule has 0 aromatic heterocycles. The van der Waals surface area contributed by atoms with Crippen molar-refractivity contribution in [2.75, 3.05) is 31.2 Å². The number of hydrogen-bond donors (Lipinski definition) is 1. The van der Waals surface area contributed by atoms with E-state index in [1.165, 1.54) is 4.90 Å². The maximum Gasteiger partial charge on any atom is 0.324 e. The number of benzene rings is 1. The molecule has 2 unspecified atom stereocenters. The average molecular weight is 371 g/mol. The molecule has 27 heavy (non-hydrogen) atoms. The molecule has 1 aromatic carbocycles. The Labute approximate surface area is 158 Å². The number of hydrogen-bond acceptors (Lipinski definition) is 4. The zero-order chi connectivity index (χ0) is 18.8. The van der Waals surface area contributed by atoms with Crippen LogP contribution in [0.4, 0.5) is 10.5 Å². The second-order valence-electron chi connectivity index (χ2n) is 7.62. The van der Waals surface area contributed by atoms with Crippen LogP contribution in [-0.4, -0.2) is 55.1 Å². The molecule has 144 valence electrons. The predicted molar refractivity (Wildman–Crippen MR) is 99.1 cm³/mol. The van der Waals surface area contributed by atoms with E-state index in [1.807, 2.05) is 30.3 Å². The van der Waals surface area contributed by atoms with Gasteiger partial charge in [0.05, 0.1) is 0 Å². The smallest absolute Gasteiger partial charge is 0.324 e. The third-order valence-corrected chi connectivity index (χ3v) is 5.80. The summed E-state index contributed by atoms with van der Waals surface area (Å²) in [6.07, 6.45) is 2.44. The van der Waals surface area contributed by atoms with Crippen LogP contribution in [0.15, 0.2) is 30.3 Å². The number of rotatable bonds is 4. The van der Waals surface area contributed by atoms with Gasteiger partial charge in [-0.05, 0) is 30.9 Å². The molecule has 3 saturated heterocycles. The van der Waals surface area contributed by atoms with Crippen LogP contribution in [0.3, 0.4) is 0 Å². The summed E-state index contributed by atoms with van der Waals surface area (Å²) < 4.78 is 5.37. The van der Waals surface area contributed by atoms with Gasteiger partial charge in [-0.3, -0.25) is 14.5 Å². The minimum absolute atomic E-state index is 0.0352. The number of ether oxygens (including phenoxy) is 1. The zero-order valence-electron chi connectivity index (χ0n) is 15.3. The summed E-state index contributed by atoms with van der Waals surface area (Å²) >= 11 is 0. The molecule has 1 aromatic rings. The highest BCUT2D eigenvalue weighted by Crippen LogP contribution is 2.28. The first-order chi connectivity index (χ1) is 13.1. The van der Waals surface area contributed by atoms with E-state index < -0.39 is 0 Å². The van der Waals surface area contributed by atoms with Crippen molar-refractivity contribution in [1.29, 1.82) is 0 Å². The molecule has 3 fully saturated rings. The number of carbonyl (C=O) groups excluding carboxylic acids is 3. The van der Waals surface area contributed by atoms with Gasteiger partial charge in [0.25, 0.3) is 0 Å². The Morgan fingerprint density at radius 1 is 1.00 bits per heavy atom. The molecule has 4 amide bonds. The van der Waals surface area contributed by atoms with E-state index in [0.717, 1.165) is 18.5 Å². The van der Waals surface area contributed by atoms with Crippen molar-refractivity contribution in [2.24, 2.45) is 11.8 Å². The molecule has 3 aliphatic heterocycles. The summed E-state index contributed by atoms with van der Waals surface area (Å²) in [7, 11) is 0. The second-order valence-corrected chi connectivity index (χ2v) is 7.62. The first-order valence-corrected chi connectivity index (χ1v) is 9.66. The van der Waals surface area contributed by atoms with Crippen LogP contribution in [0.25, 0.3) is 0 Å². The van der Waals surface area contributed by atoms with Crippen molar-refractivity contribution >= 4 is 23.5 Å². The molecule has 7 heteroatoms. The lowest BCUT2D eigenvalue weighted by molar-refractivity contribution is -0.131. The quantitative estimate of drug-likeness (QED) is 0.875. The number of nitrogens with one attached hydrogen (secondary N) is 1. The molecule has 1 N–H and O–H groups in total. The molecule has 0 bridgehead atoms. The molecule has 4 rings (SSSR count). The minimum atomic E-state index is -0.326. The molecular weight excluding hydrogens is 346 g/mol. The third kappa shape index (κ3) is 3.83. The minimum Gasteiger partial charge on any atom is -0.381 e. The highest BCUT2D eigenvalue weighted by molar-refractivity contribution is 5.98. The van der Waals surface area contributed by atoms with Gasteiger partial charge in [0, 0.05) is 56.8 Å². The lowest BCUT2D eigenvalue weighted by Crippen LogP contribution is -2.58. The fourth-order valence-corrected chi connectivity index (χ4v) is 4.31. The Hall–Kier alpha value is -2.41. The summed E-state index contributed by atoms with van der Waals surface area (Å²) in [5.41, 5.74) is 0.860. The number of para-hydroxylation sites is 1. The summed E-state index contributed by atoms with van der Waals surface area (Å²) in [6, 6.07) is 9.08. The summed E-state index contributed by atoms with van der Waals surface area (Å²) in [5, 5.41) is 3.01. The largest absolute Gasteiger partial charge is 0.381 e.